The minimum atomic E-state index is -0.922. The summed E-state index contributed by atoms with van der Waals surface area (Å²) in [6.45, 7) is 4.07. The van der Waals surface area contributed by atoms with Crippen molar-refractivity contribution in [3.63, 3.8) is 0 Å². The first-order valence-corrected chi connectivity index (χ1v) is 10.6. The zero-order chi connectivity index (χ0) is 17.9. The third-order valence-electron chi connectivity index (χ3n) is 4.60. The maximum atomic E-state index is 11.4. The second kappa shape index (κ2) is 22.2. The molecule has 25 heavy (non-hydrogen) atoms. The van der Waals surface area contributed by atoms with Gasteiger partial charge in [-0.3, -0.25) is 4.79 Å². The Labute approximate surface area is 175 Å². The quantitative estimate of drug-likeness (QED) is 0.132. The molecule has 0 bridgehead atoms. The molecule has 0 aliphatic heterocycles. The molecular formula is C21H44MgO3. The largest absolute Gasteiger partial charge is 2.00 e. The fraction of sp³-hybridized carbons (Fsp3) is 0.952. The van der Waals surface area contributed by atoms with Crippen LogP contribution in [0.25, 0.3) is 0 Å². The zero-order valence-electron chi connectivity index (χ0n) is 19.1. The average Bonchev–Trinajstić information content (AvgIpc) is 2.58. The molecule has 0 rings (SSSR count). The molecule has 0 aliphatic carbocycles. The maximum absolute atomic E-state index is 11.4. The van der Waals surface area contributed by atoms with Crippen LogP contribution < -0.4 is 0 Å². The van der Waals surface area contributed by atoms with E-state index < -0.39 is 6.29 Å². The minimum absolute atomic E-state index is 0. The van der Waals surface area contributed by atoms with Crippen LogP contribution in [0.3, 0.4) is 0 Å². The zero-order valence-corrected chi connectivity index (χ0v) is 18.5. The van der Waals surface area contributed by atoms with Gasteiger partial charge in [-0.05, 0) is 6.42 Å². The minimum Gasteiger partial charge on any atom is -1.00 e. The van der Waals surface area contributed by atoms with Crippen LogP contribution >= 0.6 is 0 Å². The van der Waals surface area contributed by atoms with Gasteiger partial charge in [0.1, 0.15) is 0 Å². The van der Waals surface area contributed by atoms with Gasteiger partial charge in [0, 0.05) is 12.8 Å². The molecule has 0 amide bonds. The number of aliphatic hydroxyl groups is 1. The van der Waals surface area contributed by atoms with Crippen LogP contribution in [0.2, 0.25) is 0 Å². The van der Waals surface area contributed by atoms with Gasteiger partial charge >= 0.3 is 29.0 Å². The monoisotopic (exact) mass is 368 g/mol. The van der Waals surface area contributed by atoms with E-state index in [1.165, 1.54) is 83.5 Å². The third kappa shape index (κ3) is 22.2. The predicted octanol–water partition coefficient (Wildman–Crippen LogP) is 6.36. The van der Waals surface area contributed by atoms with Crippen LogP contribution in [0, 0.1) is 0 Å². The van der Waals surface area contributed by atoms with Crippen molar-refractivity contribution in [2.75, 3.05) is 0 Å². The van der Waals surface area contributed by atoms with E-state index in [-0.39, 0.29) is 31.9 Å². The van der Waals surface area contributed by atoms with E-state index in [2.05, 4.69) is 6.92 Å². The number of aliphatic hydroxyl groups excluding tert-OH is 1. The Balaban J connectivity index is -0.000000882. The van der Waals surface area contributed by atoms with E-state index in [1.807, 2.05) is 0 Å². The van der Waals surface area contributed by atoms with Gasteiger partial charge in [0.2, 0.25) is 0 Å². The molecular weight excluding hydrogens is 325 g/mol. The van der Waals surface area contributed by atoms with Crippen molar-refractivity contribution < 1.29 is 17.5 Å². The second-order valence-electron chi connectivity index (χ2n) is 7.05. The Morgan fingerprint density at radius 2 is 1.12 bits per heavy atom. The number of hydrogen-bond donors (Lipinski definition) is 1. The standard InChI is InChI=1S/C21H42O3.Mg.2H/c1-3-5-6-7-8-9-10-11-12-13-14-15-16-17-18-19-21(23)24-20(22)4-2;;;/h20,22H,3-19H2,1-2H3;;;/q;+2;2*-1. The summed E-state index contributed by atoms with van der Waals surface area (Å²) in [4.78, 5) is 11.4. The molecule has 1 N–H and O–H groups in total. The summed E-state index contributed by atoms with van der Waals surface area (Å²) in [6, 6.07) is 0. The van der Waals surface area contributed by atoms with Crippen LogP contribution in [-0.4, -0.2) is 40.4 Å². The summed E-state index contributed by atoms with van der Waals surface area (Å²) < 4.78 is 4.84. The van der Waals surface area contributed by atoms with Crippen LogP contribution in [0.15, 0.2) is 0 Å². The fourth-order valence-electron chi connectivity index (χ4n) is 2.93. The normalized spacial score (nSPS) is 11.8. The van der Waals surface area contributed by atoms with Gasteiger partial charge in [0.05, 0.1) is 0 Å². The van der Waals surface area contributed by atoms with E-state index in [1.54, 1.807) is 6.92 Å². The number of carbonyl (C=O) groups excluding carboxylic acids is 1. The Kier molecular flexibility index (Phi) is 24.4. The Bertz CT molecular complexity index is 282. The van der Waals surface area contributed by atoms with Crippen molar-refractivity contribution in [1.82, 2.24) is 0 Å². The Morgan fingerprint density at radius 1 is 0.760 bits per heavy atom. The van der Waals surface area contributed by atoms with Crippen molar-refractivity contribution in [3.05, 3.63) is 0 Å². The summed E-state index contributed by atoms with van der Waals surface area (Å²) in [6.07, 6.45) is 19.8. The number of unbranched alkanes of at least 4 members (excludes halogenated alkanes) is 14. The van der Waals surface area contributed by atoms with Gasteiger partial charge in [0.25, 0.3) is 0 Å². The molecule has 4 heteroatoms. The average molecular weight is 369 g/mol. The maximum Gasteiger partial charge on any atom is 2.00 e. The molecule has 3 nitrogen and oxygen atoms in total. The van der Waals surface area contributed by atoms with Gasteiger partial charge in [0.15, 0.2) is 6.29 Å². The van der Waals surface area contributed by atoms with Crippen LogP contribution in [0.5, 0.6) is 0 Å². The SMILES string of the molecule is CCCCCCCCCCCCCCCCCC(=O)OC(O)CC.[H-].[H-].[Mg+2]. The summed E-state index contributed by atoms with van der Waals surface area (Å²) >= 11 is 0. The van der Waals surface area contributed by atoms with E-state index in [0.717, 1.165) is 12.8 Å². The topological polar surface area (TPSA) is 46.5 Å². The van der Waals surface area contributed by atoms with Crippen LogP contribution in [-0.2, 0) is 9.53 Å². The first-order chi connectivity index (χ1) is 11.7. The van der Waals surface area contributed by atoms with Crippen molar-refractivity contribution in [2.45, 2.75) is 129 Å². The van der Waals surface area contributed by atoms with Gasteiger partial charge in [-0.15, -0.1) is 0 Å². The summed E-state index contributed by atoms with van der Waals surface area (Å²) in [7, 11) is 0. The fourth-order valence-corrected chi connectivity index (χ4v) is 2.93. The molecule has 0 aromatic rings. The van der Waals surface area contributed by atoms with Gasteiger partial charge in [-0.1, -0.05) is 104 Å². The first kappa shape index (κ1) is 27.4. The number of rotatable bonds is 18. The first-order valence-electron chi connectivity index (χ1n) is 10.6. The third-order valence-corrected chi connectivity index (χ3v) is 4.60. The molecule has 0 aromatic carbocycles. The molecule has 1 atom stereocenters. The van der Waals surface area contributed by atoms with Crippen molar-refractivity contribution in [3.8, 4) is 0 Å². The van der Waals surface area contributed by atoms with Crippen molar-refractivity contribution in [2.24, 2.45) is 0 Å². The molecule has 0 radical (unpaired) electrons. The van der Waals surface area contributed by atoms with E-state index in [9.17, 15) is 9.90 Å². The van der Waals surface area contributed by atoms with E-state index in [0.29, 0.717) is 12.8 Å². The molecule has 0 saturated heterocycles. The summed E-state index contributed by atoms with van der Waals surface area (Å²) in [5.74, 6) is -0.265. The van der Waals surface area contributed by atoms with Gasteiger partial charge in [-0.2, -0.15) is 0 Å². The van der Waals surface area contributed by atoms with Crippen molar-refractivity contribution in [1.29, 1.82) is 0 Å². The van der Waals surface area contributed by atoms with E-state index in [4.69, 9.17) is 4.74 Å². The van der Waals surface area contributed by atoms with Crippen LogP contribution in [0.1, 0.15) is 126 Å². The molecule has 0 aromatic heterocycles. The number of carbonyl (C=O) groups is 1. The van der Waals surface area contributed by atoms with Crippen LogP contribution in [0.4, 0.5) is 0 Å². The molecule has 0 fully saturated rings. The summed E-state index contributed by atoms with van der Waals surface area (Å²) in [5, 5.41) is 9.21. The molecule has 0 aliphatic rings. The molecule has 1 unspecified atom stereocenters. The smallest absolute Gasteiger partial charge is 1.00 e. The molecule has 0 saturated carbocycles. The Morgan fingerprint density at radius 3 is 1.48 bits per heavy atom. The second-order valence-corrected chi connectivity index (χ2v) is 7.05. The Hall–Kier alpha value is 0.196. The predicted molar refractivity (Wildman–Crippen MR) is 110 cm³/mol. The number of esters is 1. The number of hydrogen-bond acceptors (Lipinski definition) is 3. The molecule has 0 heterocycles. The molecule has 0 spiro atoms. The van der Waals surface area contributed by atoms with E-state index >= 15 is 0 Å². The van der Waals surface area contributed by atoms with Gasteiger partial charge < -0.3 is 12.7 Å². The van der Waals surface area contributed by atoms with Gasteiger partial charge in [-0.25, -0.2) is 0 Å². The van der Waals surface area contributed by atoms with Crippen molar-refractivity contribution >= 4 is 29.0 Å². The number of ether oxygens (including phenoxy) is 1. The summed E-state index contributed by atoms with van der Waals surface area (Å²) in [5.41, 5.74) is 0. The molecule has 148 valence electrons.